The first-order chi connectivity index (χ1) is 9.48. The molecule has 108 valence electrons. The van der Waals surface area contributed by atoms with Crippen molar-refractivity contribution < 1.29 is 12.8 Å². The minimum absolute atomic E-state index is 0.0888. The molecule has 2 aromatic rings. The Bertz CT molecular complexity index is 674. The van der Waals surface area contributed by atoms with Crippen LogP contribution in [0.4, 0.5) is 5.69 Å². The third kappa shape index (κ3) is 4.13. The van der Waals surface area contributed by atoms with Crippen LogP contribution in [0.3, 0.4) is 0 Å². The van der Waals surface area contributed by atoms with Gasteiger partial charge < -0.3 is 9.73 Å². The highest BCUT2D eigenvalue weighted by atomic mass is 32.2. The van der Waals surface area contributed by atoms with E-state index >= 15 is 0 Å². The summed E-state index contributed by atoms with van der Waals surface area (Å²) in [5.74, 6) is 0.663. The molecule has 0 fully saturated rings. The van der Waals surface area contributed by atoms with Gasteiger partial charge in [0.15, 0.2) is 9.84 Å². The van der Waals surface area contributed by atoms with E-state index < -0.39 is 9.84 Å². The van der Waals surface area contributed by atoms with Crippen molar-refractivity contribution in [2.45, 2.75) is 19.8 Å². The molecule has 0 unspecified atom stereocenters. The molecular formula is C15H19NO3S. The predicted molar refractivity (Wildman–Crippen MR) is 80.7 cm³/mol. The first kappa shape index (κ1) is 14.7. The summed E-state index contributed by atoms with van der Waals surface area (Å²) in [6.07, 6.45) is 4.41. The Kier molecular flexibility index (Phi) is 4.49. The van der Waals surface area contributed by atoms with Crippen LogP contribution in [-0.4, -0.2) is 20.6 Å². The van der Waals surface area contributed by atoms with Crippen LogP contribution in [0.15, 0.2) is 41.0 Å². The highest BCUT2D eigenvalue weighted by molar-refractivity contribution is 7.90. The van der Waals surface area contributed by atoms with Gasteiger partial charge in [-0.05, 0) is 23.6 Å². The zero-order chi connectivity index (χ0) is 14.6. The second kappa shape index (κ2) is 6.13. The number of anilines is 1. The molecule has 0 radical (unpaired) electrons. The molecule has 4 nitrogen and oxygen atoms in total. The number of hydrogen-bond donors (Lipinski definition) is 1. The Labute approximate surface area is 119 Å². The zero-order valence-corrected chi connectivity index (χ0v) is 12.5. The summed E-state index contributed by atoms with van der Waals surface area (Å²) in [4.78, 5) is 0. The van der Waals surface area contributed by atoms with Crippen molar-refractivity contribution in [1.82, 2.24) is 0 Å². The minimum Gasteiger partial charge on any atom is -0.467 e. The molecule has 0 aliphatic rings. The van der Waals surface area contributed by atoms with Crippen LogP contribution in [0.2, 0.25) is 0 Å². The summed E-state index contributed by atoms with van der Waals surface area (Å²) >= 11 is 0. The van der Waals surface area contributed by atoms with Crippen LogP contribution in [0.25, 0.3) is 0 Å². The first-order valence-electron chi connectivity index (χ1n) is 6.53. The summed E-state index contributed by atoms with van der Waals surface area (Å²) in [5, 5.41) is 2.90. The van der Waals surface area contributed by atoms with Gasteiger partial charge in [-0.3, -0.25) is 0 Å². The third-order valence-electron chi connectivity index (χ3n) is 3.03. The highest BCUT2D eigenvalue weighted by Gasteiger charge is 2.09. The van der Waals surface area contributed by atoms with E-state index in [-0.39, 0.29) is 5.88 Å². The van der Waals surface area contributed by atoms with Gasteiger partial charge in [0, 0.05) is 12.7 Å². The van der Waals surface area contributed by atoms with Crippen molar-refractivity contribution in [2.75, 3.05) is 17.4 Å². The van der Waals surface area contributed by atoms with Crippen LogP contribution in [0, 0.1) is 0 Å². The van der Waals surface area contributed by atoms with Gasteiger partial charge in [0.25, 0.3) is 0 Å². The summed E-state index contributed by atoms with van der Waals surface area (Å²) < 4.78 is 27.8. The Balaban J connectivity index is 2.11. The molecular weight excluding hydrogens is 274 g/mol. The van der Waals surface area contributed by atoms with Gasteiger partial charge in [-0.2, -0.15) is 0 Å². The molecule has 2 rings (SSSR count). The number of sulfone groups is 1. The molecule has 0 atom stereocenters. The Morgan fingerprint density at radius 2 is 1.95 bits per heavy atom. The molecule has 0 amide bonds. The van der Waals surface area contributed by atoms with E-state index in [4.69, 9.17) is 4.42 Å². The lowest BCUT2D eigenvalue weighted by Gasteiger charge is -2.06. The fraction of sp³-hybridized carbons (Fsp3) is 0.333. The van der Waals surface area contributed by atoms with E-state index in [1.807, 2.05) is 12.1 Å². The third-order valence-corrected chi connectivity index (χ3v) is 3.70. The van der Waals surface area contributed by atoms with E-state index in [0.717, 1.165) is 23.4 Å². The van der Waals surface area contributed by atoms with Crippen molar-refractivity contribution in [3.05, 3.63) is 53.5 Å². The Morgan fingerprint density at radius 3 is 2.65 bits per heavy atom. The highest BCUT2D eigenvalue weighted by Crippen LogP contribution is 2.21. The van der Waals surface area contributed by atoms with Crippen LogP contribution in [-0.2, 0) is 22.7 Å². The number of aryl methyl sites for hydroxylation is 1. The summed E-state index contributed by atoms with van der Waals surface area (Å²) in [6, 6.07) is 10.1. The Hall–Kier alpha value is -1.75. The van der Waals surface area contributed by atoms with Gasteiger partial charge >= 0.3 is 0 Å². The molecule has 20 heavy (non-hydrogen) atoms. The van der Waals surface area contributed by atoms with Crippen LogP contribution < -0.4 is 5.32 Å². The smallest absolute Gasteiger partial charge is 0.165 e. The topological polar surface area (TPSA) is 59.3 Å². The van der Waals surface area contributed by atoms with Crippen LogP contribution in [0.5, 0.6) is 0 Å². The first-order valence-corrected chi connectivity index (χ1v) is 8.60. The van der Waals surface area contributed by atoms with Gasteiger partial charge in [-0.1, -0.05) is 31.2 Å². The lowest BCUT2D eigenvalue weighted by Crippen LogP contribution is -2.12. The molecule has 0 aliphatic heterocycles. The van der Waals surface area contributed by atoms with Crippen molar-refractivity contribution in [3.63, 3.8) is 0 Å². The average molecular weight is 293 g/mol. The maximum atomic E-state index is 11.2. The fourth-order valence-electron chi connectivity index (χ4n) is 1.99. The average Bonchev–Trinajstić information content (AvgIpc) is 2.83. The van der Waals surface area contributed by atoms with Gasteiger partial charge in [0.2, 0.25) is 0 Å². The molecule has 1 aromatic heterocycles. The predicted octanol–water partition coefficient (Wildman–Crippen LogP) is 2.85. The van der Waals surface area contributed by atoms with E-state index in [1.54, 1.807) is 12.3 Å². The molecule has 0 saturated carbocycles. The lowest BCUT2D eigenvalue weighted by atomic mass is 10.1. The summed E-state index contributed by atoms with van der Waals surface area (Å²) in [5.41, 5.74) is 3.17. The zero-order valence-electron chi connectivity index (χ0n) is 11.7. The molecule has 0 aliphatic carbocycles. The maximum Gasteiger partial charge on any atom is 0.165 e. The molecule has 5 heteroatoms. The van der Waals surface area contributed by atoms with Gasteiger partial charge in [0.1, 0.15) is 11.6 Å². The largest absolute Gasteiger partial charge is 0.467 e. The minimum atomic E-state index is -3.05. The Morgan fingerprint density at radius 1 is 1.20 bits per heavy atom. The van der Waals surface area contributed by atoms with Crippen molar-refractivity contribution in [2.24, 2.45) is 0 Å². The van der Waals surface area contributed by atoms with Crippen LogP contribution in [0.1, 0.15) is 23.8 Å². The van der Waals surface area contributed by atoms with Gasteiger partial charge in [-0.15, -0.1) is 0 Å². The van der Waals surface area contributed by atoms with E-state index in [0.29, 0.717) is 6.42 Å². The monoisotopic (exact) mass is 293 g/mol. The summed E-state index contributed by atoms with van der Waals surface area (Å²) in [7, 11) is -3.05. The van der Waals surface area contributed by atoms with Gasteiger partial charge in [0.05, 0.1) is 12.0 Å². The maximum absolute atomic E-state index is 11.2. The van der Waals surface area contributed by atoms with Gasteiger partial charge in [-0.25, -0.2) is 8.42 Å². The van der Waals surface area contributed by atoms with E-state index in [2.05, 4.69) is 24.4 Å². The number of nitrogens with one attached hydrogen (secondary N) is 1. The molecule has 0 bridgehead atoms. The number of rotatable bonds is 6. The number of hydrogen-bond acceptors (Lipinski definition) is 4. The molecule has 1 aromatic carbocycles. The van der Waals surface area contributed by atoms with E-state index in [9.17, 15) is 8.42 Å². The SMILES string of the molecule is CCc1cccc(Cc2occc2NCS(C)(=O)=O)c1. The number of benzene rings is 1. The van der Waals surface area contributed by atoms with E-state index in [1.165, 1.54) is 11.8 Å². The van der Waals surface area contributed by atoms with Crippen molar-refractivity contribution in [1.29, 1.82) is 0 Å². The second-order valence-electron chi connectivity index (χ2n) is 4.85. The fourth-order valence-corrected chi connectivity index (χ4v) is 2.41. The summed E-state index contributed by atoms with van der Waals surface area (Å²) in [6.45, 7) is 2.12. The molecule has 1 heterocycles. The molecule has 1 N–H and O–H groups in total. The van der Waals surface area contributed by atoms with Crippen molar-refractivity contribution >= 4 is 15.5 Å². The molecule has 0 spiro atoms. The normalized spacial score (nSPS) is 11.5. The molecule has 0 saturated heterocycles. The standard InChI is InChI=1S/C15H19NO3S/c1-3-12-5-4-6-13(9-12)10-15-14(7-8-19-15)16-11-20(2,17)18/h4-9,16H,3,10-11H2,1-2H3. The second-order valence-corrected chi connectivity index (χ2v) is 6.99. The quantitative estimate of drug-likeness (QED) is 0.889. The number of furan rings is 1. The lowest BCUT2D eigenvalue weighted by molar-refractivity contribution is 0.522. The van der Waals surface area contributed by atoms with Crippen molar-refractivity contribution in [3.8, 4) is 0 Å². The van der Waals surface area contributed by atoms with Crippen LogP contribution >= 0.6 is 0 Å².